The van der Waals surface area contributed by atoms with Gasteiger partial charge in [0.15, 0.2) is 0 Å². The fraction of sp³-hybridized carbons (Fsp3) is 0.400. The number of esters is 2. The van der Waals surface area contributed by atoms with Crippen LogP contribution >= 0.6 is 0 Å². The standard InChI is InChI=1S/C15H20N2O4/c1-15(2,3)21-13(18)8-6-11-5-7-12(16-9-11)17-10-14(19)20-4/h5-9H,10H2,1-4H3,(H,16,17). The van der Waals surface area contributed by atoms with Gasteiger partial charge in [0.2, 0.25) is 0 Å². The molecule has 0 radical (unpaired) electrons. The quantitative estimate of drug-likeness (QED) is 0.661. The van der Waals surface area contributed by atoms with Gasteiger partial charge in [-0.25, -0.2) is 9.78 Å². The van der Waals surface area contributed by atoms with Crippen LogP contribution in [0.4, 0.5) is 5.82 Å². The number of ether oxygens (including phenoxy) is 2. The third-order valence-electron chi connectivity index (χ3n) is 2.25. The molecule has 0 saturated heterocycles. The predicted octanol–water partition coefficient (Wildman–Crippen LogP) is 2.02. The van der Waals surface area contributed by atoms with Gasteiger partial charge in [-0.2, -0.15) is 0 Å². The zero-order valence-corrected chi connectivity index (χ0v) is 12.7. The predicted molar refractivity (Wildman–Crippen MR) is 79.6 cm³/mol. The van der Waals surface area contributed by atoms with Crippen molar-refractivity contribution in [2.75, 3.05) is 19.0 Å². The summed E-state index contributed by atoms with van der Waals surface area (Å²) in [6.45, 7) is 5.47. The highest BCUT2D eigenvalue weighted by molar-refractivity contribution is 5.87. The highest BCUT2D eigenvalue weighted by atomic mass is 16.6. The average molecular weight is 292 g/mol. The molecule has 1 N–H and O–H groups in total. The molecule has 6 nitrogen and oxygen atoms in total. The van der Waals surface area contributed by atoms with Crippen molar-refractivity contribution in [2.45, 2.75) is 26.4 Å². The summed E-state index contributed by atoms with van der Waals surface area (Å²) in [5, 5.41) is 2.82. The van der Waals surface area contributed by atoms with Crippen LogP contribution in [0.15, 0.2) is 24.4 Å². The van der Waals surface area contributed by atoms with Crippen molar-refractivity contribution in [3.63, 3.8) is 0 Å². The largest absolute Gasteiger partial charge is 0.468 e. The SMILES string of the molecule is COC(=O)CNc1ccc(C=CC(=O)OC(C)(C)C)cn1. The van der Waals surface area contributed by atoms with E-state index in [4.69, 9.17) is 4.74 Å². The number of carbonyl (C=O) groups is 2. The minimum Gasteiger partial charge on any atom is -0.468 e. The van der Waals surface area contributed by atoms with Gasteiger partial charge in [-0.3, -0.25) is 4.79 Å². The van der Waals surface area contributed by atoms with E-state index in [-0.39, 0.29) is 12.5 Å². The Kier molecular flexibility index (Phi) is 5.90. The molecular weight excluding hydrogens is 272 g/mol. The van der Waals surface area contributed by atoms with Gasteiger partial charge in [0.05, 0.1) is 7.11 Å². The average Bonchev–Trinajstić information content (AvgIpc) is 2.41. The van der Waals surface area contributed by atoms with Crippen molar-refractivity contribution in [3.05, 3.63) is 30.0 Å². The topological polar surface area (TPSA) is 77.5 Å². The monoisotopic (exact) mass is 292 g/mol. The molecule has 0 aliphatic carbocycles. The summed E-state index contributed by atoms with van der Waals surface area (Å²) in [6.07, 6.45) is 4.55. The molecule has 0 unspecified atom stereocenters. The number of hydrogen-bond donors (Lipinski definition) is 1. The smallest absolute Gasteiger partial charge is 0.331 e. The first kappa shape index (κ1) is 16.7. The molecule has 1 rings (SSSR count). The minimum absolute atomic E-state index is 0.0522. The molecule has 0 saturated carbocycles. The van der Waals surface area contributed by atoms with Crippen LogP contribution in [0.2, 0.25) is 0 Å². The van der Waals surface area contributed by atoms with Gasteiger partial charge < -0.3 is 14.8 Å². The van der Waals surface area contributed by atoms with Gasteiger partial charge in [-0.1, -0.05) is 0 Å². The van der Waals surface area contributed by atoms with E-state index in [9.17, 15) is 9.59 Å². The van der Waals surface area contributed by atoms with Gasteiger partial charge in [-0.15, -0.1) is 0 Å². The van der Waals surface area contributed by atoms with Gasteiger partial charge in [0, 0.05) is 12.3 Å². The molecule has 1 aromatic heterocycles. The van der Waals surface area contributed by atoms with Crippen LogP contribution in [0, 0.1) is 0 Å². The highest BCUT2D eigenvalue weighted by Crippen LogP contribution is 2.09. The molecule has 0 spiro atoms. The van der Waals surface area contributed by atoms with Crippen LogP contribution < -0.4 is 5.32 Å². The molecule has 0 atom stereocenters. The molecular formula is C15H20N2O4. The molecule has 21 heavy (non-hydrogen) atoms. The van der Waals surface area contributed by atoms with E-state index >= 15 is 0 Å². The summed E-state index contributed by atoms with van der Waals surface area (Å²) in [4.78, 5) is 26.6. The van der Waals surface area contributed by atoms with Gasteiger partial charge in [0.25, 0.3) is 0 Å². The molecule has 1 heterocycles. The molecule has 0 bridgehead atoms. The molecule has 0 aliphatic rings. The Hall–Kier alpha value is -2.37. The summed E-state index contributed by atoms with van der Waals surface area (Å²) >= 11 is 0. The van der Waals surface area contributed by atoms with Crippen molar-refractivity contribution in [1.82, 2.24) is 4.98 Å². The van der Waals surface area contributed by atoms with Crippen molar-refractivity contribution < 1.29 is 19.1 Å². The van der Waals surface area contributed by atoms with Crippen molar-refractivity contribution in [3.8, 4) is 0 Å². The van der Waals surface area contributed by atoms with Crippen LogP contribution in [0.5, 0.6) is 0 Å². The zero-order chi connectivity index (χ0) is 15.9. The zero-order valence-electron chi connectivity index (χ0n) is 12.7. The van der Waals surface area contributed by atoms with E-state index < -0.39 is 11.6 Å². The van der Waals surface area contributed by atoms with E-state index in [1.807, 2.05) is 20.8 Å². The second kappa shape index (κ2) is 7.42. The maximum atomic E-state index is 11.5. The Morgan fingerprint density at radius 1 is 1.33 bits per heavy atom. The summed E-state index contributed by atoms with van der Waals surface area (Å²) in [7, 11) is 1.32. The fourth-order valence-corrected chi connectivity index (χ4v) is 1.34. The lowest BCUT2D eigenvalue weighted by molar-refractivity contribution is -0.148. The normalized spacial score (nSPS) is 11.2. The summed E-state index contributed by atoms with van der Waals surface area (Å²) in [5.41, 5.74) is 0.242. The van der Waals surface area contributed by atoms with Crippen LogP contribution in [-0.4, -0.2) is 36.2 Å². The van der Waals surface area contributed by atoms with E-state index in [1.165, 1.54) is 13.2 Å². The van der Waals surface area contributed by atoms with Gasteiger partial charge in [0.1, 0.15) is 18.0 Å². The van der Waals surface area contributed by atoms with Crippen molar-refractivity contribution >= 4 is 23.8 Å². The molecule has 1 aromatic rings. The number of rotatable bonds is 5. The van der Waals surface area contributed by atoms with Crippen LogP contribution in [0.25, 0.3) is 6.08 Å². The maximum Gasteiger partial charge on any atom is 0.331 e. The minimum atomic E-state index is -0.513. The molecule has 0 aromatic carbocycles. The molecule has 0 aliphatic heterocycles. The summed E-state index contributed by atoms with van der Waals surface area (Å²) in [5.74, 6) is -0.226. The number of nitrogens with zero attached hydrogens (tertiary/aromatic N) is 1. The first-order valence-electron chi connectivity index (χ1n) is 6.48. The lowest BCUT2D eigenvalue weighted by atomic mass is 10.2. The van der Waals surface area contributed by atoms with Crippen molar-refractivity contribution in [2.24, 2.45) is 0 Å². The van der Waals surface area contributed by atoms with E-state index in [0.717, 1.165) is 5.56 Å². The van der Waals surface area contributed by atoms with Crippen LogP contribution in [0.3, 0.4) is 0 Å². The molecule has 114 valence electrons. The maximum absolute atomic E-state index is 11.5. The Balaban J connectivity index is 2.54. The number of pyridine rings is 1. The Morgan fingerprint density at radius 3 is 2.57 bits per heavy atom. The lowest BCUT2D eigenvalue weighted by Crippen LogP contribution is -2.22. The third kappa shape index (κ3) is 7.10. The lowest BCUT2D eigenvalue weighted by Gasteiger charge is -2.17. The summed E-state index contributed by atoms with van der Waals surface area (Å²) in [6, 6.07) is 3.48. The van der Waals surface area contributed by atoms with Gasteiger partial charge in [-0.05, 0) is 44.5 Å². The number of anilines is 1. The highest BCUT2D eigenvalue weighted by Gasteiger charge is 2.13. The fourth-order valence-electron chi connectivity index (χ4n) is 1.34. The Labute approximate surface area is 124 Å². The number of aromatic nitrogens is 1. The number of carbonyl (C=O) groups excluding carboxylic acids is 2. The van der Waals surface area contributed by atoms with E-state index in [2.05, 4.69) is 15.0 Å². The molecule has 0 fully saturated rings. The first-order valence-corrected chi connectivity index (χ1v) is 6.48. The van der Waals surface area contributed by atoms with Gasteiger partial charge >= 0.3 is 11.9 Å². The molecule has 6 heteroatoms. The summed E-state index contributed by atoms with van der Waals surface area (Å²) < 4.78 is 9.66. The second-order valence-electron chi connectivity index (χ2n) is 5.27. The number of hydrogen-bond acceptors (Lipinski definition) is 6. The van der Waals surface area contributed by atoms with Crippen LogP contribution in [-0.2, 0) is 19.1 Å². The number of nitrogens with one attached hydrogen (secondary N) is 1. The van der Waals surface area contributed by atoms with E-state index in [1.54, 1.807) is 24.4 Å². The number of methoxy groups -OCH3 is 1. The van der Waals surface area contributed by atoms with E-state index in [0.29, 0.717) is 5.82 Å². The first-order chi connectivity index (χ1) is 9.80. The Bertz CT molecular complexity index is 515. The third-order valence-corrected chi connectivity index (χ3v) is 2.25. The second-order valence-corrected chi connectivity index (χ2v) is 5.27. The molecule has 0 amide bonds. The Morgan fingerprint density at radius 2 is 2.05 bits per heavy atom. The van der Waals surface area contributed by atoms with Crippen LogP contribution in [0.1, 0.15) is 26.3 Å². The van der Waals surface area contributed by atoms with Crippen molar-refractivity contribution in [1.29, 1.82) is 0 Å².